The third-order valence-electron chi connectivity index (χ3n) is 4.69. The first-order valence-electron chi connectivity index (χ1n) is 10.4. The number of rotatable bonds is 9. The summed E-state index contributed by atoms with van der Waals surface area (Å²) in [7, 11) is 0. The molecular weight excluding hydrogens is 400 g/mol. The molecule has 0 atom stereocenters. The van der Waals surface area contributed by atoms with Crippen LogP contribution in [0.1, 0.15) is 10.4 Å². The fourth-order valence-electron chi connectivity index (χ4n) is 3.07. The van der Waals surface area contributed by atoms with Gasteiger partial charge in [0.2, 0.25) is 0 Å². The first kappa shape index (κ1) is 21.0. The topological polar surface area (TPSA) is 59.6 Å². The van der Waals surface area contributed by atoms with Gasteiger partial charge in [0, 0.05) is 22.6 Å². The van der Waals surface area contributed by atoms with E-state index >= 15 is 0 Å². The number of benzene rings is 4. The molecule has 4 aromatic carbocycles. The van der Waals surface area contributed by atoms with Crippen LogP contribution >= 0.6 is 0 Å². The lowest BCUT2D eigenvalue weighted by Crippen LogP contribution is -2.12. The van der Waals surface area contributed by atoms with Crippen LogP contribution in [0.4, 0.5) is 17.1 Å². The maximum atomic E-state index is 12.5. The molecule has 1 amide bonds. The van der Waals surface area contributed by atoms with Crippen molar-refractivity contribution in [3.05, 3.63) is 115 Å². The zero-order valence-electron chi connectivity index (χ0n) is 17.5. The predicted octanol–water partition coefficient (Wildman–Crippen LogP) is 6.14. The number of amides is 1. The van der Waals surface area contributed by atoms with Crippen molar-refractivity contribution < 1.29 is 14.3 Å². The zero-order chi connectivity index (χ0) is 22.0. The van der Waals surface area contributed by atoms with Gasteiger partial charge in [-0.3, -0.25) is 4.79 Å². The normalized spacial score (nSPS) is 10.2. The molecule has 5 nitrogen and oxygen atoms in total. The van der Waals surface area contributed by atoms with Crippen LogP contribution in [-0.4, -0.2) is 19.1 Å². The molecule has 0 aromatic heterocycles. The Morgan fingerprint density at radius 3 is 1.69 bits per heavy atom. The molecule has 160 valence electrons. The molecule has 0 fully saturated rings. The molecule has 32 heavy (non-hydrogen) atoms. The Labute approximate surface area is 187 Å². The van der Waals surface area contributed by atoms with Crippen LogP contribution in [-0.2, 0) is 0 Å². The highest BCUT2D eigenvalue weighted by Gasteiger charge is 2.07. The van der Waals surface area contributed by atoms with Crippen molar-refractivity contribution in [1.82, 2.24) is 0 Å². The number of anilines is 3. The number of nitrogens with one attached hydrogen (secondary N) is 2. The molecule has 0 aliphatic rings. The summed E-state index contributed by atoms with van der Waals surface area (Å²) in [6, 6.07) is 34.2. The fraction of sp³-hybridized carbons (Fsp3) is 0.0741. The third-order valence-corrected chi connectivity index (χ3v) is 4.69. The maximum absolute atomic E-state index is 12.5. The van der Waals surface area contributed by atoms with Crippen LogP contribution in [0.15, 0.2) is 109 Å². The number of hydrogen-bond donors (Lipinski definition) is 2. The Kier molecular flexibility index (Phi) is 7.01. The van der Waals surface area contributed by atoms with Gasteiger partial charge in [0.1, 0.15) is 24.7 Å². The second-order valence-corrected chi connectivity index (χ2v) is 7.06. The van der Waals surface area contributed by atoms with Gasteiger partial charge in [-0.15, -0.1) is 0 Å². The van der Waals surface area contributed by atoms with Crippen LogP contribution in [0.25, 0.3) is 0 Å². The Balaban J connectivity index is 1.24. The minimum absolute atomic E-state index is 0.173. The van der Waals surface area contributed by atoms with Crippen LogP contribution in [0.5, 0.6) is 11.5 Å². The summed E-state index contributed by atoms with van der Waals surface area (Å²) in [6.07, 6.45) is 0. The number of ether oxygens (including phenoxy) is 2. The van der Waals surface area contributed by atoms with Gasteiger partial charge in [-0.2, -0.15) is 0 Å². The Morgan fingerprint density at radius 2 is 1.06 bits per heavy atom. The molecule has 4 rings (SSSR count). The van der Waals surface area contributed by atoms with Gasteiger partial charge >= 0.3 is 0 Å². The largest absolute Gasteiger partial charge is 0.490 e. The van der Waals surface area contributed by atoms with Crippen LogP contribution < -0.4 is 20.1 Å². The van der Waals surface area contributed by atoms with Crippen molar-refractivity contribution >= 4 is 23.0 Å². The van der Waals surface area contributed by atoms with Crippen molar-refractivity contribution in [2.24, 2.45) is 0 Å². The van der Waals surface area contributed by atoms with E-state index in [0.717, 1.165) is 22.8 Å². The summed E-state index contributed by atoms with van der Waals surface area (Å²) in [5, 5.41) is 6.23. The molecular formula is C27H24N2O3. The van der Waals surface area contributed by atoms with Crippen LogP contribution in [0, 0.1) is 0 Å². The van der Waals surface area contributed by atoms with Gasteiger partial charge < -0.3 is 20.1 Å². The Hall–Kier alpha value is -4.25. The lowest BCUT2D eigenvalue weighted by atomic mass is 10.2. The van der Waals surface area contributed by atoms with Gasteiger partial charge in [0.05, 0.1) is 0 Å². The van der Waals surface area contributed by atoms with Crippen molar-refractivity contribution in [2.75, 3.05) is 23.8 Å². The van der Waals surface area contributed by atoms with E-state index in [0.29, 0.717) is 24.5 Å². The van der Waals surface area contributed by atoms with E-state index in [1.165, 1.54) is 0 Å². The summed E-state index contributed by atoms with van der Waals surface area (Å²) in [4.78, 5) is 12.5. The summed E-state index contributed by atoms with van der Waals surface area (Å²) >= 11 is 0. The number of carbonyl (C=O) groups is 1. The quantitative estimate of drug-likeness (QED) is 0.317. The van der Waals surface area contributed by atoms with E-state index in [1.807, 2.05) is 84.9 Å². The molecule has 0 heterocycles. The molecule has 5 heteroatoms. The zero-order valence-corrected chi connectivity index (χ0v) is 17.5. The predicted molar refractivity (Wildman–Crippen MR) is 128 cm³/mol. The van der Waals surface area contributed by atoms with Crippen LogP contribution in [0.2, 0.25) is 0 Å². The summed E-state index contributed by atoms with van der Waals surface area (Å²) in [6.45, 7) is 0.866. The average molecular weight is 425 g/mol. The molecule has 0 spiro atoms. The van der Waals surface area contributed by atoms with Crippen molar-refractivity contribution in [3.63, 3.8) is 0 Å². The first-order chi connectivity index (χ1) is 15.8. The highest BCUT2D eigenvalue weighted by Crippen LogP contribution is 2.20. The second-order valence-electron chi connectivity index (χ2n) is 7.06. The van der Waals surface area contributed by atoms with Gasteiger partial charge in [0.15, 0.2) is 0 Å². The summed E-state index contributed by atoms with van der Waals surface area (Å²) in [5.74, 6) is 1.33. The van der Waals surface area contributed by atoms with E-state index < -0.39 is 0 Å². The third kappa shape index (κ3) is 6.12. The van der Waals surface area contributed by atoms with Crippen molar-refractivity contribution in [2.45, 2.75) is 0 Å². The lowest BCUT2D eigenvalue weighted by Gasteiger charge is -2.10. The highest BCUT2D eigenvalue weighted by atomic mass is 16.5. The van der Waals surface area contributed by atoms with Gasteiger partial charge in [0.25, 0.3) is 5.91 Å². The minimum atomic E-state index is -0.173. The molecule has 2 N–H and O–H groups in total. The summed E-state index contributed by atoms with van der Waals surface area (Å²) < 4.78 is 11.3. The Morgan fingerprint density at radius 1 is 0.562 bits per heavy atom. The van der Waals surface area contributed by atoms with E-state index in [4.69, 9.17) is 9.47 Å². The van der Waals surface area contributed by atoms with Crippen molar-refractivity contribution in [1.29, 1.82) is 0 Å². The number of para-hydroxylation sites is 2. The molecule has 0 radical (unpaired) electrons. The van der Waals surface area contributed by atoms with Gasteiger partial charge in [-0.1, -0.05) is 36.4 Å². The molecule has 0 bridgehead atoms. The maximum Gasteiger partial charge on any atom is 0.255 e. The highest BCUT2D eigenvalue weighted by molar-refractivity contribution is 6.04. The Bertz CT molecular complexity index is 1110. The minimum Gasteiger partial charge on any atom is -0.490 e. The smallest absolute Gasteiger partial charge is 0.255 e. The SMILES string of the molecule is O=C(Nc1ccc(Nc2ccccc2)cc1)c1ccc(OCCOc2ccccc2)cc1. The van der Waals surface area contributed by atoms with E-state index in [2.05, 4.69) is 10.6 Å². The summed E-state index contributed by atoms with van der Waals surface area (Å²) in [5.41, 5.74) is 3.25. The average Bonchev–Trinajstić information content (AvgIpc) is 2.85. The van der Waals surface area contributed by atoms with Gasteiger partial charge in [-0.05, 0) is 72.8 Å². The van der Waals surface area contributed by atoms with E-state index in [1.54, 1.807) is 24.3 Å². The second kappa shape index (κ2) is 10.7. The van der Waals surface area contributed by atoms with Gasteiger partial charge in [-0.25, -0.2) is 0 Å². The lowest BCUT2D eigenvalue weighted by molar-refractivity contribution is 0.102. The fourth-order valence-corrected chi connectivity index (χ4v) is 3.07. The standard InChI is InChI=1S/C27H24N2O3/c30-27(29-24-15-13-23(14-16-24)28-22-7-3-1-4-8-22)21-11-17-26(18-12-21)32-20-19-31-25-9-5-2-6-10-25/h1-18,28H,19-20H2,(H,29,30). The molecule has 0 unspecified atom stereocenters. The number of hydrogen-bond acceptors (Lipinski definition) is 4. The van der Waals surface area contributed by atoms with E-state index in [9.17, 15) is 4.79 Å². The molecule has 0 aliphatic carbocycles. The monoisotopic (exact) mass is 424 g/mol. The first-order valence-corrected chi connectivity index (χ1v) is 10.4. The van der Waals surface area contributed by atoms with Crippen LogP contribution in [0.3, 0.4) is 0 Å². The molecule has 0 saturated carbocycles. The molecule has 0 aliphatic heterocycles. The van der Waals surface area contributed by atoms with Crippen molar-refractivity contribution in [3.8, 4) is 11.5 Å². The molecule has 4 aromatic rings. The van der Waals surface area contributed by atoms with E-state index in [-0.39, 0.29) is 5.91 Å². The molecule has 0 saturated heterocycles. The number of carbonyl (C=O) groups excluding carboxylic acids is 1.